The maximum absolute atomic E-state index is 12.8. The number of amides is 1. The number of carbonyl (C=O) groups is 1. The smallest absolute Gasteiger partial charge is 0.277 e. The normalized spacial score (nSPS) is 11.2. The van der Waals surface area contributed by atoms with Crippen LogP contribution in [0.1, 0.15) is 17.5 Å². The summed E-state index contributed by atoms with van der Waals surface area (Å²) in [6.45, 7) is 2.56. The molecule has 0 bridgehead atoms. The Morgan fingerprint density at radius 3 is 2.65 bits per heavy atom. The van der Waals surface area contributed by atoms with E-state index < -0.39 is 24.9 Å². The first-order valence-electron chi connectivity index (χ1n) is 6.39. The van der Waals surface area contributed by atoms with Crippen LogP contribution in [0, 0.1) is 13.8 Å². The van der Waals surface area contributed by atoms with Gasteiger partial charge in [-0.2, -0.15) is 0 Å². The molecule has 1 amide bonds. The van der Waals surface area contributed by atoms with Gasteiger partial charge in [-0.1, -0.05) is 6.07 Å². The number of ether oxygens (including phenoxy) is 1. The fourth-order valence-corrected chi connectivity index (χ4v) is 1.45. The number of nitrogens with two attached hydrogens (primary N) is 1. The van der Waals surface area contributed by atoms with Crippen LogP contribution in [0.2, 0.25) is 0 Å². The number of alkyl halides is 2. The largest absolute Gasteiger partial charge is 0.493 e. The number of carbonyl (C=O) groups excluding carboxylic acids is 1. The molecule has 0 spiro atoms. The number of aryl methyl sites for hydroxylation is 2. The molecular formula is C14H20F2N2O2. The molecule has 0 saturated heterocycles. The standard InChI is InChI=1S/C14H20F2N2O2/c1-10-3-4-12(7-11(10)2)20-6-5-13(19)18-9-14(15,16)8-17/h3-4,7H,5-6,8-9,17H2,1-2H3,(H,18,19). The zero-order chi connectivity index (χ0) is 15.2. The molecule has 0 radical (unpaired) electrons. The molecule has 4 nitrogen and oxygen atoms in total. The van der Waals surface area contributed by atoms with Crippen molar-refractivity contribution in [1.29, 1.82) is 0 Å². The highest BCUT2D eigenvalue weighted by Crippen LogP contribution is 2.16. The van der Waals surface area contributed by atoms with Gasteiger partial charge in [0.1, 0.15) is 5.75 Å². The molecule has 20 heavy (non-hydrogen) atoms. The van der Waals surface area contributed by atoms with Crippen LogP contribution < -0.4 is 15.8 Å². The Hall–Kier alpha value is -1.69. The predicted molar refractivity (Wildman–Crippen MR) is 73.0 cm³/mol. The van der Waals surface area contributed by atoms with Gasteiger partial charge in [0.25, 0.3) is 5.92 Å². The molecule has 3 N–H and O–H groups in total. The van der Waals surface area contributed by atoms with E-state index in [9.17, 15) is 13.6 Å². The van der Waals surface area contributed by atoms with Crippen molar-refractivity contribution in [3.63, 3.8) is 0 Å². The first-order valence-corrected chi connectivity index (χ1v) is 6.39. The highest BCUT2D eigenvalue weighted by atomic mass is 19.3. The molecule has 0 aliphatic rings. The summed E-state index contributed by atoms with van der Waals surface area (Å²) in [6.07, 6.45) is 0.0214. The van der Waals surface area contributed by atoms with Crippen LogP contribution in [0.25, 0.3) is 0 Å². The summed E-state index contributed by atoms with van der Waals surface area (Å²) in [7, 11) is 0. The van der Waals surface area contributed by atoms with Gasteiger partial charge in [0.2, 0.25) is 5.91 Å². The van der Waals surface area contributed by atoms with Crippen molar-refractivity contribution in [3.8, 4) is 5.75 Å². The SMILES string of the molecule is Cc1ccc(OCCC(=O)NCC(F)(F)CN)cc1C. The first-order chi connectivity index (χ1) is 9.34. The molecule has 112 valence electrons. The number of hydrogen-bond acceptors (Lipinski definition) is 3. The van der Waals surface area contributed by atoms with Crippen molar-refractivity contribution in [2.75, 3.05) is 19.7 Å². The minimum Gasteiger partial charge on any atom is -0.493 e. The molecule has 1 rings (SSSR count). The summed E-state index contributed by atoms with van der Waals surface area (Å²) in [5.74, 6) is -2.89. The molecule has 0 aromatic heterocycles. The molecule has 0 atom stereocenters. The quantitative estimate of drug-likeness (QED) is 0.803. The number of halogens is 2. The Balaban J connectivity index is 2.30. The highest BCUT2D eigenvalue weighted by Gasteiger charge is 2.26. The molecule has 1 aromatic carbocycles. The topological polar surface area (TPSA) is 64.3 Å². The molecule has 0 fully saturated rings. The molecular weight excluding hydrogens is 266 g/mol. The Morgan fingerprint density at radius 1 is 1.35 bits per heavy atom. The van der Waals surface area contributed by atoms with Gasteiger partial charge in [-0.05, 0) is 37.1 Å². The monoisotopic (exact) mass is 286 g/mol. The Kier molecular flexibility index (Phi) is 5.88. The Labute approximate surface area is 117 Å². The van der Waals surface area contributed by atoms with Crippen molar-refractivity contribution < 1.29 is 18.3 Å². The van der Waals surface area contributed by atoms with Crippen molar-refractivity contribution in [1.82, 2.24) is 5.32 Å². The molecule has 0 heterocycles. The zero-order valence-corrected chi connectivity index (χ0v) is 11.7. The van der Waals surface area contributed by atoms with E-state index in [2.05, 4.69) is 5.32 Å². The second-order valence-electron chi connectivity index (χ2n) is 4.68. The van der Waals surface area contributed by atoms with Crippen molar-refractivity contribution in [3.05, 3.63) is 29.3 Å². The third-order valence-electron chi connectivity index (χ3n) is 2.92. The minimum absolute atomic E-state index is 0.0214. The summed E-state index contributed by atoms with van der Waals surface area (Å²) in [6, 6.07) is 5.60. The van der Waals surface area contributed by atoms with Gasteiger partial charge in [-0.3, -0.25) is 4.79 Å². The zero-order valence-electron chi connectivity index (χ0n) is 11.7. The molecule has 0 saturated carbocycles. The van der Waals surface area contributed by atoms with Gasteiger partial charge in [0.05, 0.1) is 26.1 Å². The molecule has 0 unspecified atom stereocenters. The molecule has 1 aromatic rings. The fourth-order valence-electron chi connectivity index (χ4n) is 1.45. The summed E-state index contributed by atoms with van der Waals surface area (Å²) < 4.78 is 31.0. The number of benzene rings is 1. The average molecular weight is 286 g/mol. The van der Waals surface area contributed by atoms with Gasteiger partial charge in [-0.25, -0.2) is 8.78 Å². The number of nitrogens with one attached hydrogen (secondary N) is 1. The highest BCUT2D eigenvalue weighted by molar-refractivity contribution is 5.76. The predicted octanol–water partition coefficient (Wildman–Crippen LogP) is 1.78. The minimum atomic E-state index is -3.06. The summed E-state index contributed by atoms with van der Waals surface area (Å²) in [5, 5.41) is 2.13. The third-order valence-corrected chi connectivity index (χ3v) is 2.92. The van der Waals surface area contributed by atoms with Crippen molar-refractivity contribution >= 4 is 5.91 Å². The molecule has 0 aliphatic carbocycles. The van der Waals surface area contributed by atoms with Gasteiger partial charge >= 0.3 is 0 Å². The van der Waals surface area contributed by atoms with E-state index in [-0.39, 0.29) is 13.0 Å². The lowest BCUT2D eigenvalue weighted by Crippen LogP contribution is -2.41. The lowest BCUT2D eigenvalue weighted by Gasteiger charge is -2.14. The number of hydrogen-bond donors (Lipinski definition) is 2. The van der Waals surface area contributed by atoms with E-state index >= 15 is 0 Å². The molecule has 6 heteroatoms. The van der Waals surface area contributed by atoms with Crippen LogP contribution >= 0.6 is 0 Å². The lowest BCUT2D eigenvalue weighted by molar-refractivity contribution is -0.123. The maximum Gasteiger partial charge on any atom is 0.277 e. The van der Waals surface area contributed by atoms with Gasteiger partial charge < -0.3 is 15.8 Å². The third kappa shape index (κ3) is 5.52. The van der Waals surface area contributed by atoms with Crippen LogP contribution in [0.4, 0.5) is 8.78 Å². The van der Waals surface area contributed by atoms with Crippen LogP contribution in [-0.4, -0.2) is 31.5 Å². The van der Waals surface area contributed by atoms with E-state index in [1.165, 1.54) is 0 Å². The first kappa shape index (κ1) is 16.4. The van der Waals surface area contributed by atoms with Crippen molar-refractivity contribution in [2.45, 2.75) is 26.2 Å². The van der Waals surface area contributed by atoms with Crippen LogP contribution in [-0.2, 0) is 4.79 Å². The van der Waals surface area contributed by atoms with E-state index in [0.29, 0.717) is 5.75 Å². The summed E-state index contributed by atoms with van der Waals surface area (Å²) >= 11 is 0. The fraction of sp³-hybridized carbons (Fsp3) is 0.500. The maximum atomic E-state index is 12.8. The van der Waals surface area contributed by atoms with E-state index in [1.807, 2.05) is 32.0 Å². The lowest BCUT2D eigenvalue weighted by atomic mass is 10.1. The Bertz CT molecular complexity index is 464. The van der Waals surface area contributed by atoms with Gasteiger partial charge in [0, 0.05) is 0 Å². The molecule has 0 aliphatic heterocycles. The Morgan fingerprint density at radius 2 is 2.05 bits per heavy atom. The second-order valence-corrected chi connectivity index (χ2v) is 4.68. The number of rotatable bonds is 7. The summed E-state index contributed by atoms with van der Waals surface area (Å²) in [5.41, 5.74) is 7.11. The van der Waals surface area contributed by atoms with E-state index in [4.69, 9.17) is 10.5 Å². The van der Waals surface area contributed by atoms with E-state index in [1.54, 1.807) is 0 Å². The summed E-state index contributed by atoms with van der Waals surface area (Å²) in [4.78, 5) is 11.4. The van der Waals surface area contributed by atoms with Crippen LogP contribution in [0.3, 0.4) is 0 Å². The van der Waals surface area contributed by atoms with Crippen molar-refractivity contribution in [2.24, 2.45) is 5.73 Å². The van der Waals surface area contributed by atoms with Crippen LogP contribution in [0.15, 0.2) is 18.2 Å². The van der Waals surface area contributed by atoms with Gasteiger partial charge in [0.15, 0.2) is 0 Å². The van der Waals surface area contributed by atoms with E-state index in [0.717, 1.165) is 11.1 Å². The second kappa shape index (κ2) is 7.19. The van der Waals surface area contributed by atoms with Crippen LogP contribution in [0.5, 0.6) is 5.75 Å². The van der Waals surface area contributed by atoms with Gasteiger partial charge in [-0.15, -0.1) is 0 Å². The average Bonchev–Trinajstić information content (AvgIpc) is 2.41.